The fourth-order valence-corrected chi connectivity index (χ4v) is 4.25. The minimum atomic E-state index is -0.311. The molecule has 0 saturated carbocycles. The fourth-order valence-electron chi connectivity index (χ4n) is 4.25. The van der Waals surface area contributed by atoms with E-state index in [0.717, 1.165) is 11.1 Å². The zero-order valence-electron chi connectivity index (χ0n) is 18.4. The van der Waals surface area contributed by atoms with Crippen LogP contribution in [-0.2, 0) is 16.8 Å². The zero-order valence-corrected chi connectivity index (χ0v) is 18.4. The second kappa shape index (κ2) is 10.2. The summed E-state index contributed by atoms with van der Waals surface area (Å²) in [5, 5.41) is 12.5. The fraction of sp³-hybridized carbons (Fsp3) is 0.259. The summed E-state index contributed by atoms with van der Waals surface area (Å²) in [6, 6.07) is 26.0. The van der Waals surface area contributed by atoms with Crippen molar-refractivity contribution in [2.24, 2.45) is 0 Å². The Labute approximate surface area is 193 Å². The number of carbonyl (C=O) groups excluding carboxylic acids is 2. The first-order valence-corrected chi connectivity index (χ1v) is 11.1. The Hall–Kier alpha value is -3.80. The Bertz CT molecular complexity index is 1060. The molecule has 33 heavy (non-hydrogen) atoms. The summed E-state index contributed by atoms with van der Waals surface area (Å²) in [5.41, 5.74) is 2.33. The van der Waals surface area contributed by atoms with Crippen LogP contribution in [0.4, 0.5) is 4.79 Å². The van der Waals surface area contributed by atoms with Gasteiger partial charge in [-0.25, -0.2) is 4.79 Å². The highest BCUT2D eigenvalue weighted by Crippen LogP contribution is 2.35. The molecule has 3 aromatic carbocycles. The quantitative estimate of drug-likeness (QED) is 0.587. The van der Waals surface area contributed by atoms with E-state index in [0.29, 0.717) is 38.0 Å². The van der Waals surface area contributed by atoms with Crippen LogP contribution in [-0.4, -0.2) is 41.6 Å². The van der Waals surface area contributed by atoms with Crippen molar-refractivity contribution in [1.29, 1.82) is 0 Å². The molecule has 1 saturated heterocycles. The van der Waals surface area contributed by atoms with Crippen LogP contribution in [0, 0.1) is 0 Å². The normalized spacial score (nSPS) is 15.0. The molecule has 4 rings (SSSR count). The minimum absolute atomic E-state index is 0.124. The maximum atomic E-state index is 12.7. The van der Waals surface area contributed by atoms with Gasteiger partial charge in [-0.3, -0.25) is 4.79 Å². The van der Waals surface area contributed by atoms with Gasteiger partial charge in [0.1, 0.15) is 12.4 Å². The molecule has 170 valence electrons. The predicted molar refractivity (Wildman–Crippen MR) is 126 cm³/mol. The summed E-state index contributed by atoms with van der Waals surface area (Å²) in [7, 11) is 0. The predicted octanol–water partition coefficient (Wildman–Crippen LogP) is 4.49. The second-order valence-corrected chi connectivity index (χ2v) is 8.40. The first kappa shape index (κ1) is 22.4. The SMILES string of the molecule is O=C(NCC1(c2ccccc2)CCN(C(=O)OCc2ccccc2)CC1)c1ccc(O)cc1. The lowest BCUT2D eigenvalue weighted by Crippen LogP contribution is -2.50. The van der Waals surface area contributed by atoms with Gasteiger partial charge in [0.2, 0.25) is 0 Å². The molecule has 1 aliphatic rings. The topological polar surface area (TPSA) is 78.9 Å². The Kier molecular flexibility index (Phi) is 6.93. The molecule has 3 aromatic rings. The van der Waals surface area contributed by atoms with Crippen LogP contribution in [0.3, 0.4) is 0 Å². The molecule has 6 nitrogen and oxygen atoms in total. The standard InChI is InChI=1S/C27H28N2O4/c30-24-13-11-22(12-14-24)25(31)28-20-27(23-9-5-2-6-10-23)15-17-29(18-16-27)26(32)33-19-21-7-3-1-4-8-21/h1-14,30H,15-20H2,(H,28,31). The van der Waals surface area contributed by atoms with E-state index in [9.17, 15) is 14.7 Å². The average molecular weight is 445 g/mol. The van der Waals surface area contributed by atoms with Gasteiger partial charge in [-0.1, -0.05) is 60.7 Å². The van der Waals surface area contributed by atoms with Gasteiger partial charge in [-0.2, -0.15) is 0 Å². The van der Waals surface area contributed by atoms with E-state index in [1.54, 1.807) is 17.0 Å². The van der Waals surface area contributed by atoms with Crippen molar-refractivity contribution < 1.29 is 19.4 Å². The molecule has 2 N–H and O–H groups in total. The molecule has 0 radical (unpaired) electrons. The number of nitrogens with zero attached hydrogens (tertiary/aromatic N) is 1. The summed E-state index contributed by atoms with van der Waals surface area (Å²) < 4.78 is 5.50. The molecule has 0 aromatic heterocycles. The number of rotatable bonds is 6. The number of likely N-dealkylation sites (tertiary alicyclic amines) is 1. The van der Waals surface area contributed by atoms with Gasteiger partial charge in [0, 0.05) is 30.6 Å². The van der Waals surface area contributed by atoms with Gasteiger partial charge in [-0.15, -0.1) is 0 Å². The number of hydrogen-bond donors (Lipinski definition) is 2. The van der Waals surface area contributed by atoms with Crippen LogP contribution >= 0.6 is 0 Å². The van der Waals surface area contributed by atoms with E-state index in [1.165, 1.54) is 12.1 Å². The van der Waals surface area contributed by atoms with Crippen molar-refractivity contribution in [3.63, 3.8) is 0 Å². The molecule has 0 aliphatic carbocycles. The van der Waals surface area contributed by atoms with Gasteiger partial charge < -0.3 is 20.1 Å². The molecular formula is C27H28N2O4. The lowest BCUT2D eigenvalue weighted by atomic mass is 9.72. The first-order valence-electron chi connectivity index (χ1n) is 11.1. The largest absolute Gasteiger partial charge is 0.508 e. The third-order valence-electron chi connectivity index (χ3n) is 6.29. The Morgan fingerprint density at radius 2 is 1.48 bits per heavy atom. The Morgan fingerprint density at radius 3 is 2.12 bits per heavy atom. The smallest absolute Gasteiger partial charge is 0.410 e. The molecule has 1 aliphatic heterocycles. The highest BCUT2D eigenvalue weighted by Gasteiger charge is 2.38. The molecule has 1 heterocycles. The molecular weight excluding hydrogens is 416 g/mol. The van der Waals surface area contributed by atoms with Gasteiger partial charge >= 0.3 is 6.09 Å². The molecule has 0 spiro atoms. The zero-order chi connectivity index (χ0) is 23.1. The summed E-state index contributed by atoms with van der Waals surface area (Å²) in [6.07, 6.45) is 1.12. The Morgan fingerprint density at radius 1 is 0.879 bits per heavy atom. The summed E-state index contributed by atoms with van der Waals surface area (Å²) >= 11 is 0. The van der Waals surface area contributed by atoms with Crippen LogP contribution in [0.5, 0.6) is 5.75 Å². The van der Waals surface area contributed by atoms with E-state index < -0.39 is 0 Å². The van der Waals surface area contributed by atoms with Crippen molar-refractivity contribution in [1.82, 2.24) is 10.2 Å². The molecule has 6 heteroatoms. The van der Waals surface area contributed by atoms with Crippen LogP contribution in [0.15, 0.2) is 84.9 Å². The Balaban J connectivity index is 1.40. The number of piperidine rings is 1. The van der Waals surface area contributed by atoms with Crippen LogP contribution < -0.4 is 5.32 Å². The number of benzene rings is 3. The van der Waals surface area contributed by atoms with Crippen LogP contribution in [0.1, 0.15) is 34.3 Å². The maximum absolute atomic E-state index is 12.7. The summed E-state index contributed by atoms with van der Waals surface area (Å²) in [4.78, 5) is 27.0. The van der Waals surface area contributed by atoms with Gasteiger partial charge in [0.25, 0.3) is 5.91 Å². The first-order chi connectivity index (χ1) is 16.1. The number of ether oxygens (including phenoxy) is 1. The number of carbonyl (C=O) groups is 2. The van der Waals surface area contributed by atoms with Crippen molar-refractivity contribution in [3.8, 4) is 5.75 Å². The minimum Gasteiger partial charge on any atom is -0.508 e. The number of hydrogen-bond acceptors (Lipinski definition) is 4. The monoisotopic (exact) mass is 444 g/mol. The van der Waals surface area contributed by atoms with E-state index in [-0.39, 0.29) is 29.8 Å². The molecule has 1 fully saturated rings. The number of phenolic OH excluding ortho intramolecular Hbond substituents is 1. The van der Waals surface area contributed by atoms with Crippen LogP contribution in [0.25, 0.3) is 0 Å². The number of amides is 2. The van der Waals surface area contributed by atoms with Gasteiger partial charge in [-0.05, 0) is 48.2 Å². The van der Waals surface area contributed by atoms with Gasteiger partial charge in [0.15, 0.2) is 0 Å². The lowest BCUT2D eigenvalue weighted by Gasteiger charge is -2.42. The number of nitrogens with one attached hydrogen (secondary N) is 1. The molecule has 0 atom stereocenters. The van der Waals surface area contributed by atoms with Crippen molar-refractivity contribution in [3.05, 3.63) is 102 Å². The number of aromatic hydroxyl groups is 1. The lowest BCUT2D eigenvalue weighted by molar-refractivity contribution is 0.0747. The third-order valence-corrected chi connectivity index (χ3v) is 6.29. The maximum Gasteiger partial charge on any atom is 0.410 e. The van der Waals surface area contributed by atoms with E-state index in [4.69, 9.17) is 4.74 Å². The molecule has 0 unspecified atom stereocenters. The van der Waals surface area contributed by atoms with Crippen molar-refractivity contribution in [2.75, 3.05) is 19.6 Å². The van der Waals surface area contributed by atoms with Crippen molar-refractivity contribution in [2.45, 2.75) is 24.9 Å². The van der Waals surface area contributed by atoms with Crippen molar-refractivity contribution >= 4 is 12.0 Å². The summed E-state index contributed by atoms with van der Waals surface area (Å²) in [6.45, 7) is 1.82. The number of phenols is 1. The average Bonchev–Trinajstić information content (AvgIpc) is 2.88. The van der Waals surface area contributed by atoms with E-state index in [2.05, 4.69) is 17.4 Å². The highest BCUT2D eigenvalue weighted by atomic mass is 16.6. The molecule has 2 amide bonds. The van der Waals surface area contributed by atoms with Crippen LogP contribution in [0.2, 0.25) is 0 Å². The molecule has 0 bridgehead atoms. The van der Waals surface area contributed by atoms with E-state index >= 15 is 0 Å². The highest BCUT2D eigenvalue weighted by molar-refractivity contribution is 5.94. The third kappa shape index (κ3) is 5.52. The van der Waals surface area contributed by atoms with Gasteiger partial charge in [0.05, 0.1) is 0 Å². The summed E-state index contributed by atoms with van der Waals surface area (Å²) in [5.74, 6) is -0.0613. The van der Waals surface area contributed by atoms with E-state index in [1.807, 2.05) is 48.5 Å². The second-order valence-electron chi connectivity index (χ2n) is 8.40.